The minimum absolute atomic E-state index is 0.0618. The van der Waals surface area contributed by atoms with Crippen molar-refractivity contribution in [2.75, 3.05) is 0 Å². The molecular weight excluding hydrogens is 300 g/mol. The van der Waals surface area contributed by atoms with E-state index in [0.717, 1.165) is 5.56 Å². The van der Waals surface area contributed by atoms with Crippen LogP contribution in [0.3, 0.4) is 0 Å². The van der Waals surface area contributed by atoms with Crippen molar-refractivity contribution in [2.45, 2.75) is 6.42 Å². The zero-order valence-corrected chi connectivity index (χ0v) is 13.0. The fraction of sp³-hybridized carbons (Fsp3) is 0.0476. The first-order valence-corrected chi connectivity index (χ1v) is 7.65. The van der Waals surface area contributed by atoms with Gasteiger partial charge in [0.1, 0.15) is 0 Å². The monoisotopic (exact) mass is 316 g/mol. The standard InChI is InChI=1S/C21H16O3/c22-19(16-10-5-2-6-11-16)14-17-12-7-13-18(20(17)21(23)24)15-8-3-1-4-9-15/h1-13H,14H2,(H,23,24). The Morgan fingerprint density at radius 2 is 1.38 bits per heavy atom. The SMILES string of the molecule is O=C(Cc1cccc(-c2ccccc2)c1C(=O)O)c1ccccc1. The summed E-state index contributed by atoms with van der Waals surface area (Å²) < 4.78 is 0. The van der Waals surface area contributed by atoms with E-state index in [1.165, 1.54) is 0 Å². The molecule has 0 bridgehead atoms. The first-order chi connectivity index (χ1) is 11.7. The maximum absolute atomic E-state index is 12.4. The molecule has 0 saturated carbocycles. The van der Waals surface area contributed by atoms with Gasteiger partial charge in [0.15, 0.2) is 5.78 Å². The van der Waals surface area contributed by atoms with Crippen molar-refractivity contribution in [3.05, 3.63) is 95.6 Å². The first kappa shape index (κ1) is 15.7. The topological polar surface area (TPSA) is 54.4 Å². The van der Waals surface area contributed by atoms with E-state index in [2.05, 4.69) is 0 Å². The smallest absolute Gasteiger partial charge is 0.336 e. The van der Waals surface area contributed by atoms with Crippen LogP contribution in [0.5, 0.6) is 0 Å². The van der Waals surface area contributed by atoms with Gasteiger partial charge < -0.3 is 5.11 Å². The van der Waals surface area contributed by atoms with Crippen LogP contribution in [-0.2, 0) is 6.42 Å². The number of aromatic carboxylic acids is 1. The molecule has 0 spiro atoms. The lowest BCUT2D eigenvalue weighted by molar-refractivity contribution is 0.0697. The van der Waals surface area contributed by atoms with Gasteiger partial charge in [-0.25, -0.2) is 4.79 Å². The summed E-state index contributed by atoms with van der Waals surface area (Å²) in [6, 6.07) is 23.5. The van der Waals surface area contributed by atoms with E-state index < -0.39 is 5.97 Å². The van der Waals surface area contributed by atoms with Crippen LogP contribution in [0.4, 0.5) is 0 Å². The number of benzene rings is 3. The number of ketones is 1. The second-order valence-corrected chi connectivity index (χ2v) is 5.48. The van der Waals surface area contributed by atoms with Gasteiger partial charge in [0, 0.05) is 12.0 Å². The van der Waals surface area contributed by atoms with Crippen LogP contribution in [0.25, 0.3) is 11.1 Å². The molecule has 1 N–H and O–H groups in total. The minimum atomic E-state index is -1.02. The summed E-state index contributed by atoms with van der Waals surface area (Å²) >= 11 is 0. The second kappa shape index (κ2) is 6.92. The number of hydrogen-bond donors (Lipinski definition) is 1. The molecule has 0 saturated heterocycles. The summed E-state index contributed by atoms with van der Waals surface area (Å²) in [5.74, 6) is -1.12. The van der Waals surface area contributed by atoms with E-state index in [4.69, 9.17) is 0 Å². The number of carboxylic acids is 1. The molecule has 3 heteroatoms. The summed E-state index contributed by atoms with van der Waals surface area (Å²) in [5.41, 5.74) is 2.75. The number of carboxylic acid groups (broad SMARTS) is 1. The van der Waals surface area contributed by atoms with Crippen molar-refractivity contribution in [3.8, 4) is 11.1 Å². The second-order valence-electron chi connectivity index (χ2n) is 5.48. The fourth-order valence-electron chi connectivity index (χ4n) is 2.76. The minimum Gasteiger partial charge on any atom is -0.478 e. The van der Waals surface area contributed by atoms with Gasteiger partial charge in [0.25, 0.3) is 0 Å². The molecule has 3 aromatic rings. The summed E-state index contributed by atoms with van der Waals surface area (Å²) in [4.78, 5) is 24.3. The molecule has 0 fully saturated rings. The molecule has 0 amide bonds. The third kappa shape index (κ3) is 3.25. The summed E-state index contributed by atoms with van der Waals surface area (Å²) in [5, 5.41) is 9.68. The molecule has 0 radical (unpaired) electrons. The number of carbonyl (C=O) groups is 2. The van der Waals surface area contributed by atoms with Crippen molar-refractivity contribution >= 4 is 11.8 Å². The highest BCUT2D eigenvalue weighted by molar-refractivity contribution is 6.02. The third-order valence-corrected chi connectivity index (χ3v) is 3.90. The van der Waals surface area contributed by atoms with E-state index in [-0.39, 0.29) is 17.8 Å². The molecule has 3 nitrogen and oxygen atoms in total. The van der Waals surface area contributed by atoms with Crippen molar-refractivity contribution in [3.63, 3.8) is 0 Å². The molecule has 118 valence electrons. The Kier molecular flexibility index (Phi) is 4.52. The molecule has 0 aliphatic carbocycles. The number of rotatable bonds is 5. The van der Waals surface area contributed by atoms with E-state index >= 15 is 0 Å². The Morgan fingerprint density at radius 3 is 2.00 bits per heavy atom. The Labute approximate surface area is 140 Å². The van der Waals surface area contributed by atoms with Gasteiger partial charge in [0.05, 0.1) is 5.56 Å². The molecule has 0 aromatic heterocycles. The van der Waals surface area contributed by atoms with Crippen LogP contribution in [-0.4, -0.2) is 16.9 Å². The highest BCUT2D eigenvalue weighted by Gasteiger charge is 2.18. The predicted octanol–water partition coefficient (Wildman–Crippen LogP) is 4.48. The Bertz CT molecular complexity index is 868. The highest BCUT2D eigenvalue weighted by Crippen LogP contribution is 2.27. The number of hydrogen-bond acceptors (Lipinski definition) is 2. The largest absolute Gasteiger partial charge is 0.478 e. The van der Waals surface area contributed by atoms with E-state index in [1.54, 1.807) is 42.5 Å². The normalized spacial score (nSPS) is 10.3. The lowest BCUT2D eigenvalue weighted by atomic mass is 9.92. The molecular formula is C21H16O3. The Hall–Kier alpha value is -3.20. The van der Waals surface area contributed by atoms with E-state index in [0.29, 0.717) is 16.7 Å². The van der Waals surface area contributed by atoms with Gasteiger partial charge in [-0.3, -0.25) is 4.79 Å². The number of Topliss-reactive ketones (excluding diaryl/α,β-unsaturated/α-hetero) is 1. The van der Waals surface area contributed by atoms with E-state index in [9.17, 15) is 14.7 Å². The fourth-order valence-corrected chi connectivity index (χ4v) is 2.76. The average Bonchev–Trinajstić information content (AvgIpc) is 2.62. The van der Waals surface area contributed by atoms with Crippen LogP contribution >= 0.6 is 0 Å². The van der Waals surface area contributed by atoms with Crippen molar-refractivity contribution in [2.24, 2.45) is 0 Å². The maximum Gasteiger partial charge on any atom is 0.336 e. The summed E-state index contributed by atoms with van der Waals surface area (Å²) in [7, 11) is 0. The van der Waals surface area contributed by atoms with Crippen molar-refractivity contribution in [1.82, 2.24) is 0 Å². The molecule has 0 aliphatic heterocycles. The van der Waals surface area contributed by atoms with Gasteiger partial charge in [-0.2, -0.15) is 0 Å². The van der Waals surface area contributed by atoms with Crippen LogP contribution in [0.15, 0.2) is 78.9 Å². The molecule has 0 atom stereocenters. The summed E-state index contributed by atoms with van der Waals surface area (Å²) in [6.45, 7) is 0. The third-order valence-electron chi connectivity index (χ3n) is 3.90. The van der Waals surface area contributed by atoms with Crippen LogP contribution in [0.2, 0.25) is 0 Å². The maximum atomic E-state index is 12.4. The lowest BCUT2D eigenvalue weighted by Gasteiger charge is -2.11. The van der Waals surface area contributed by atoms with Gasteiger partial charge >= 0.3 is 5.97 Å². The zero-order chi connectivity index (χ0) is 16.9. The Balaban J connectivity index is 2.03. The summed E-state index contributed by atoms with van der Waals surface area (Å²) in [6.07, 6.45) is 0.0618. The van der Waals surface area contributed by atoms with Gasteiger partial charge in [0.2, 0.25) is 0 Å². The van der Waals surface area contributed by atoms with Crippen LogP contribution in [0, 0.1) is 0 Å². The van der Waals surface area contributed by atoms with Gasteiger partial charge in [-0.05, 0) is 16.7 Å². The number of carbonyl (C=O) groups excluding carboxylic acids is 1. The quantitative estimate of drug-likeness (QED) is 0.706. The highest BCUT2D eigenvalue weighted by atomic mass is 16.4. The van der Waals surface area contributed by atoms with Crippen LogP contribution in [0.1, 0.15) is 26.3 Å². The molecule has 3 rings (SSSR count). The van der Waals surface area contributed by atoms with Crippen LogP contribution < -0.4 is 0 Å². The van der Waals surface area contributed by atoms with Crippen molar-refractivity contribution in [1.29, 1.82) is 0 Å². The lowest BCUT2D eigenvalue weighted by Crippen LogP contribution is -2.10. The predicted molar refractivity (Wildman–Crippen MR) is 93.3 cm³/mol. The van der Waals surface area contributed by atoms with Crippen molar-refractivity contribution < 1.29 is 14.7 Å². The molecule has 0 unspecified atom stereocenters. The average molecular weight is 316 g/mol. The molecule has 3 aromatic carbocycles. The first-order valence-electron chi connectivity index (χ1n) is 7.65. The molecule has 24 heavy (non-hydrogen) atoms. The Morgan fingerprint density at radius 1 is 0.750 bits per heavy atom. The van der Waals surface area contributed by atoms with E-state index in [1.807, 2.05) is 36.4 Å². The zero-order valence-electron chi connectivity index (χ0n) is 13.0. The molecule has 0 aliphatic rings. The van der Waals surface area contributed by atoms with Gasteiger partial charge in [-0.15, -0.1) is 0 Å². The van der Waals surface area contributed by atoms with Gasteiger partial charge in [-0.1, -0.05) is 78.9 Å². The molecule has 0 heterocycles.